The Bertz CT molecular complexity index is 767. The van der Waals surface area contributed by atoms with Crippen molar-refractivity contribution in [3.05, 3.63) is 35.2 Å². The van der Waals surface area contributed by atoms with Crippen LogP contribution in [0.2, 0.25) is 0 Å². The number of hydrogen-bond acceptors (Lipinski definition) is 5. The van der Waals surface area contributed by atoms with E-state index in [1.807, 2.05) is 46.0 Å². The zero-order chi connectivity index (χ0) is 18.6. The van der Waals surface area contributed by atoms with Gasteiger partial charge in [-0.1, -0.05) is 30.0 Å². The first-order chi connectivity index (χ1) is 11.8. The van der Waals surface area contributed by atoms with Gasteiger partial charge < -0.3 is 15.6 Å². The second kappa shape index (κ2) is 8.15. The van der Waals surface area contributed by atoms with Gasteiger partial charge in [-0.15, -0.1) is 10.2 Å². The Balaban J connectivity index is 2.03. The summed E-state index contributed by atoms with van der Waals surface area (Å²) in [6.07, 6.45) is 0.654. The molecule has 0 spiro atoms. The Hall–Kier alpha value is -2.35. The van der Waals surface area contributed by atoms with Gasteiger partial charge in [-0.05, 0) is 31.9 Å². The first kappa shape index (κ1) is 19.0. The molecule has 0 fully saturated rings. The smallest absolute Gasteiger partial charge is 0.237 e. The van der Waals surface area contributed by atoms with Crippen molar-refractivity contribution in [3.63, 3.8) is 0 Å². The van der Waals surface area contributed by atoms with E-state index in [0.29, 0.717) is 17.4 Å². The maximum absolute atomic E-state index is 12.5. The Morgan fingerprint density at radius 2 is 1.92 bits per heavy atom. The highest BCUT2D eigenvalue weighted by atomic mass is 32.2. The number of hydrogen-bond donors (Lipinski definition) is 2. The van der Waals surface area contributed by atoms with E-state index < -0.39 is 0 Å². The molecule has 0 unspecified atom stereocenters. The number of nitrogens with two attached hydrogens (primary N) is 1. The fourth-order valence-electron chi connectivity index (χ4n) is 2.35. The van der Waals surface area contributed by atoms with Crippen molar-refractivity contribution in [1.29, 1.82) is 0 Å². The van der Waals surface area contributed by atoms with Crippen LogP contribution in [-0.2, 0) is 23.1 Å². The summed E-state index contributed by atoms with van der Waals surface area (Å²) in [6, 6.07) is 5.90. The van der Waals surface area contributed by atoms with Crippen molar-refractivity contribution in [2.75, 3.05) is 5.32 Å². The molecule has 0 aliphatic heterocycles. The minimum Gasteiger partial charge on any atom is -0.370 e. The molecule has 1 aromatic heterocycles. The number of thioether (sulfide) groups is 1. The summed E-state index contributed by atoms with van der Waals surface area (Å²) in [5, 5.41) is 11.4. The standard InChI is InChI=1S/C17H23N5O2S/c1-10-6-5-7-11(2)15(10)19-16(24)12(3)25-17-21-20-14(22(17)4)9-8-13(18)23/h5-7,12H,8-9H2,1-4H3,(H2,18,23)(H,19,24)/t12-/m0/s1. The van der Waals surface area contributed by atoms with E-state index in [9.17, 15) is 9.59 Å². The molecule has 0 aliphatic carbocycles. The maximum Gasteiger partial charge on any atom is 0.237 e. The molecular weight excluding hydrogens is 338 g/mol. The molecule has 8 heteroatoms. The first-order valence-electron chi connectivity index (χ1n) is 8.00. The lowest BCUT2D eigenvalue weighted by atomic mass is 10.1. The molecule has 2 amide bonds. The van der Waals surface area contributed by atoms with Crippen LogP contribution in [0.5, 0.6) is 0 Å². The number of nitrogens with zero attached hydrogens (tertiary/aromatic N) is 3. The number of rotatable bonds is 7. The van der Waals surface area contributed by atoms with Crippen molar-refractivity contribution in [3.8, 4) is 0 Å². The van der Waals surface area contributed by atoms with Crippen LogP contribution >= 0.6 is 11.8 Å². The predicted molar refractivity (Wildman–Crippen MR) is 98.4 cm³/mol. The molecule has 2 rings (SSSR count). The summed E-state index contributed by atoms with van der Waals surface area (Å²) < 4.78 is 1.79. The van der Waals surface area contributed by atoms with Gasteiger partial charge in [-0.25, -0.2) is 0 Å². The van der Waals surface area contributed by atoms with Gasteiger partial charge in [0, 0.05) is 25.6 Å². The van der Waals surface area contributed by atoms with Gasteiger partial charge in [0.05, 0.1) is 5.25 Å². The molecule has 0 aliphatic rings. The van der Waals surface area contributed by atoms with Gasteiger partial charge in [0.25, 0.3) is 0 Å². The number of amides is 2. The van der Waals surface area contributed by atoms with E-state index in [4.69, 9.17) is 5.73 Å². The van der Waals surface area contributed by atoms with Gasteiger partial charge in [0.15, 0.2) is 5.16 Å². The van der Waals surface area contributed by atoms with Gasteiger partial charge in [0.2, 0.25) is 11.8 Å². The first-order valence-corrected chi connectivity index (χ1v) is 8.88. The minimum absolute atomic E-state index is 0.0934. The van der Waals surface area contributed by atoms with E-state index >= 15 is 0 Å². The number of aryl methyl sites for hydroxylation is 3. The molecule has 25 heavy (non-hydrogen) atoms. The van der Waals surface area contributed by atoms with Crippen LogP contribution in [0.15, 0.2) is 23.4 Å². The Kier molecular flexibility index (Phi) is 6.19. The SMILES string of the molecule is Cc1cccc(C)c1NC(=O)[C@H](C)Sc1nnc(CCC(N)=O)n1C. The molecule has 2 aromatic rings. The lowest BCUT2D eigenvalue weighted by Crippen LogP contribution is -2.23. The minimum atomic E-state index is -0.376. The van der Waals surface area contributed by atoms with Gasteiger partial charge in [0.1, 0.15) is 5.82 Å². The highest BCUT2D eigenvalue weighted by Gasteiger charge is 2.20. The highest BCUT2D eigenvalue weighted by Crippen LogP contribution is 2.25. The molecule has 0 radical (unpaired) electrons. The number of nitrogens with one attached hydrogen (secondary N) is 1. The number of carbonyl (C=O) groups is 2. The van der Waals surface area contributed by atoms with Crippen molar-refractivity contribution in [2.24, 2.45) is 12.8 Å². The maximum atomic E-state index is 12.5. The monoisotopic (exact) mass is 361 g/mol. The Labute approximate surface area is 151 Å². The fraction of sp³-hybridized carbons (Fsp3) is 0.412. The number of aromatic nitrogens is 3. The number of primary amides is 1. The summed E-state index contributed by atoms with van der Waals surface area (Å²) in [4.78, 5) is 23.4. The quantitative estimate of drug-likeness (QED) is 0.734. The molecule has 0 saturated heterocycles. The van der Waals surface area contributed by atoms with Crippen LogP contribution in [0.1, 0.15) is 30.3 Å². The van der Waals surface area contributed by atoms with E-state index in [1.54, 1.807) is 4.57 Å². The summed E-state index contributed by atoms with van der Waals surface area (Å²) in [7, 11) is 1.81. The second-order valence-electron chi connectivity index (χ2n) is 5.94. The van der Waals surface area contributed by atoms with Crippen LogP contribution in [0.3, 0.4) is 0 Å². The summed E-state index contributed by atoms with van der Waals surface area (Å²) >= 11 is 1.33. The van der Waals surface area contributed by atoms with Crippen LogP contribution in [0.25, 0.3) is 0 Å². The zero-order valence-corrected chi connectivity index (χ0v) is 15.7. The van der Waals surface area contributed by atoms with Gasteiger partial charge in [-0.3, -0.25) is 9.59 Å². The topological polar surface area (TPSA) is 103 Å². The third kappa shape index (κ3) is 4.82. The molecule has 0 bridgehead atoms. The average molecular weight is 361 g/mol. The van der Waals surface area contributed by atoms with E-state index in [2.05, 4.69) is 15.5 Å². The van der Waals surface area contributed by atoms with E-state index in [0.717, 1.165) is 16.8 Å². The van der Waals surface area contributed by atoms with Gasteiger partial charge in [-0.2, -0.15) is 0 Å². The lowest BCUT2D eigenvalue weighted by Gasteiger charge is -2.15. The highest BCUT2D eigenvalue weighted by molar-refractivity contribution is 8.00. The fourth-order valence-corrected chi connectivity index (χ4v) is 3.18. The van der Waals surface area contributed by atoms with Crippen LogP contribution < -0.4 is 11.1 Å². The van der Waals surface area contributed by atoms with Gasteiger partial charge >= 0.3 is 0 Å². The van der Waals surface area contributed by atoms with Crippen molar-refractivity contribution >= 4 is 29.3 Å². The predicted octanol–water partition coefficient (Wildman–Crippen LogP) is 1.97. The largest absolute Gasteiger partial charge is 0.370 e. The zero-order valence-electron chi connectivity index (χ0n) is 14.9. The normalized spacial score (nSPS) is 12.0. The summed E-state index contributed by atoms with van der Waals surface area (Å²) in [6.45, 7) is 5.76. The summed E-state index contributed by atoms with van der Waals surface area (Å²) in [5.41, 5.74) is 8.06. The number of benzene rings is 1. The molecule has 1 aromatic carbocycles. The molecule has 3 N–H and O–H groups in total. The summed E-state index contributed by atoms with van der Waals surface area (Å²) in [5.74, 6) is 0.200. The van der Waals surface area contributed by atoms with Crippen LogP contribution in [0, 0.1) is 13.8 Å². The lowest BCUT2D eigenvalue weighted by molar-refractivity contribution is -0.118. The molecule has 1 heterocycles. The third-order valence-corrected chi connectivity index (χ3v) is 5.03. The van der Waals surface area contributed by atoms with E-state index in [1.165, 1.54) is 11.8 Å². The average Bonchev–Trinajstić information content (AvgIpc) is 2.89. The molecule has 7 nitrogen and oxygen atoms in total. The molecular formula is C17H23N5O2S. The molecule has 0 saturated carbocycles. The Morgan fingerprint density at radius 1 is 1.28 bits per heavy atom. The second-order valence-corrected chi connectivity index (χ2v) is 7.25. The van der Waals surface area contributed by atoms with Crippen molar-refractivity contribution < 1.29 is 9.59 Å². The van der Waals surface area contributed by atoms with Crippen molar-refractivity contribution in [1.82, 2.24) is 14.8 Å². The van der Waals surface area contributed by atoms with Crippen LogP contribution in [-0.4, -0.2) is 31.8 Å². The van der Waals surface area contributed by atoms with Crippen molar-refractivity contribution in [2.45, 2.75) is 44.0 Å². The Morgan fingerprint density at radius 3 is 2.52 bits per heavy atom. The van der Waals surface area contributed by atoms with E-state index in [-0.39, 0.29) is 23.5 Å². The number of anilines is 1. The molecule has 134 valence electrons. The van der Waals surface area contributed by atoms with Crippen LogP contribution in [0.4, 0.5) is 5.69 Å². The number of carbonyl (C=O) groups excluding carboxylic acids is 2. The number of para-hydroxylation sites is 1. The third-order valence-electron chi connectivity index (χ3n) is 3.90. The molecule has 1 atom stereocenters.